The minimum atomic E-state index is 0.743. The van der Waals surface area contributed by atoms with Crippen LogP contribution in [0.2, 0.25) is 0 Å². The second-order valence-electron chi connectivity index (χ2n) is 7.50. The second-order valence-corrected chi connectivity index (χ2v) is 7.50. The molecule has 3 nitrogen and oxygen atoms in total. The molecule has 3 heteroatoms. The van der Waals surface area contributed by atoms with Crippen LogP contribution in [0.3, 0.4) is 0 Å². The Morgan fingerprint density at radius 3 is 2.62 bits per heavy atom. The molecule has 2 saturated heterocycles. The van der Waals surface area contributed by atoms with Crippen LogP contribution in [0.1, 0.15) is 58.8 Å². The van der Waals surface area contributed by atoms with Gasteiger partial charge in [0.2, 0.25) is 0 Å². The van der Waals surface area contributed by atoms with Gasteiger partial charge in [0.1, 0.15) is 0 Å². The van der Waals surface area contributed by atoms with E-state index >= 15 is 0 Å². The summed E-state index contributed by atoms with van der Waals surface area (Å²) in [7, 11) is 0. The molecule has 2 heterocycles. The summed E-state index contributed by atoms with van der Waals surface area (Å²) < 4.78 is 0. The highest BCUT2D eigenvalue weighted by Crippen LogP contribution is 2.32. The molecule has 2 aliphatic heterocycles. The molecule has 122 valence electrons. The lowest BCUT2D eigenvalue weighted by atomic mass is 9.79. The van der Waals surface area contributed by atoms with Gasteiger partial charge < -0.3 is 5.32 Å². The Morgan fingerprint density at radius 1 is 0.952 bits per heavy atom. The first-order chi connectivity index (χ1) is 10.3. The molecular formula is C18H35N3. The van der Waals surface area contributed by atoms with Gasteiger partial charge in [-0.1, -0.05) is 26.7 Å². The SMILES string of the molecule is CCNC1CCC(CC)CC1N1CCN2CCCCC2C1. The molecule has 3 aliphatic rings. The smallest absolute Gasteiger partial charge is 0.0253 e. The number of likely N-dealkylation sites (N-methyl/N-ethyl adjacent to an activating group) is 1. The van der Waals surface area contributed by atoms with Gasteiger partial charge in [0.05, 0.1) is 0 Å². The van der Waals surface area contributed by atoms with Crippen LogP contribution in [0.25, 0.3) is 0 Å². The van der Waals surface area contributed by atoms with Crippen molar-refractivity contribution in [2.45, 2.75) is 76.9 Å². The first-order valence-corrected chi connectivity index (χ1v) is 9.53. The van der Waals surface area contributed by atoms with Gasteiger partial charge in [0.25, 0.3) is 0 Å². The Hall–Kier alpha value is -0.120. The fraction of sp³-hybridized carbons (Fsp3) is 1.00. The summed E-state index contributed by atoms with van der Waals surface area (Å²) in [4.78, 5) is 5.63. The van der Waals surface area contributed by atoms with Gasteiger partial charge in [0, 0.05) is 37.8 Å². The quantitative estimate of drug-likeness (QED) is 0.860. The normalized spacial score (nSPS) is 39.1. The first kappa shape index (κ1) is 15.8. The Morgan fingerprint density at radius 2 is 1.81 bits per heavy atom. The van der Waals surface area contributed by atoms with Crippen LogP contribution in [-0.4, -0.2) is 60.6 Å². The topological polar surface area (TPSA) is 18.5 Å². The van der Waals surface area contributed by atoms with Crippen molar-refractivity contribution in [2.75, 3.05) is 32.7 Å². The number of nitrogens with one attached hydrogen (secondary N) is 1. The van der Waals surface area contributed by atoms with Crippen molar-refractivity contribution < 1.29 is 0 Å². The van der Waals surface area contributed by atoms with Crippen LogP contribution in [0.4, 0.5) is 0 Å². The lowest BCUT2D eigenvalue weighted by Gasteiger charge is -2.50. The fourth-order valence-electron chi connectivity index (χ4n) is 4.99. The van der Waals surface area contributed by atoms with E-state index in [0.717, 1.165) is 30.6 Å². The summed E-state index contributed by atoms with van der Waals surface area (Å²) >= 11 is 0. The number of piperazine rings is 1. The highest BCUT2D eigenvalue weighted by Gasteiger charge is 2.37. The highest BCUT2D eigenvalue weighted by atomic mass is 15.3. The largest absolute Gasteiger partial charge is 0.313 e. The summed E-state index contributed by atoms with van der Waals surface area (Å²) in [6, 6.07) is 2.40. The van der Waals surface area contributed by atoms with Crippen molar-refractivity contribution in [3.8, 4) is 0 Å². The Balaban J connectivity index is 1.64. The van der Waals surface area contributed by atoms with Crippen molar-refractivity contribution in [3.05, 3.63) is 0 Å². The van der Waals surface area contributed by atoms with E-state index in [0.29, 0.717) is 0 Å². The van der Waals surface area contributed by atoms with Crippen LogP contribution in [-0.2, 0) is 0 Å². The van der Waals surface area contributed by atoms with Crippen LogP contribution in [0.15, 0.2) is 0 Å². The highest BCUT2D eigenvalue weighted by molar-refractivity contribution is 4.95. The molecule has 1 N–H and O–H groups in total. The maximum Gasteiger partial charge on any atom is 0.0253 e. The van der Waals surface area contributed by atoms with E-state index < -0.39 is 0 Å². The summed E-state index contributed by atoms with van der Waals surface area (Å²) in [6.07, 6.45) is 9.95. The van der Waals surface area contributed by atoms with Crippen molar-refractivity contribution in [1.29, 1.82) is 0 Å². The Bertz CT molecular complexity index is 320. The first-order valence-electron chi connectivity index (χ1n) is 9.53. The predicted octanol–water partition coefficient (Wildman–Crippen LogP) is 2.71. The molecule has 0 aromatic heterocycles. The number of rotatable bonds is 4. The van der Waals surface area contributed by atoms with Gasteiger partial charge in [-0.25, -0.2) is 0 Å². The van der Waals surface area contributed by atoms with E-state index in [-0.39, 0.29) is 0 Å². The minimum absolute atomic E-state index is 0.743. The molecule has 1 aliphatic carbocycles. The molecule has 4 atom stereocenters. The molecule has 0 bridgehead atoms. The van der Waals surface area contributed by atoms with Crippen LogP contribution in [0.5, 0.6) is 0 Å². The molecule has 21 heavy (non-hydrogen) atoms. The van der Waals surface area contributed by atoms with Gasteiger partial charge in [-0.05, 0) is 51.1 Å². The van der Waals surface area contributed by atoms with E-state index in [4.69, 9.17) is 0 Å². The third kappa shape index (κ3) is 3.62. The predicted molar refractivity (Wildman–Crippen MR) is 89.7 cm³/mol. The summed E-state index contributed by atoms with van der Waals surface area (Å²) in [6.45, 7) is 11.1. The van der Waals surface area contributed by atoms with Crippen molar-refractivity contribution in [2.24, 2.45) is 5.92 Å². The molecule has 1 saturated carbocycles. The Kier molecular flexibility index (Phi) is 5.58. The summed E-state index contributed by atoms with van der Waals surface area (Å²) in [5.41, 5.74) is 0. The third-order valence-electron chi connectivity index (χ3n) is 6.31. The standard InChI is InChI=1S/C18H35N3/c1-3-15-8-9-17(19-4-2)18(13-15)21-12-11-20-10-6-5-7-16(20)14-21/h15-19H,3-14H2,1-2H3. The maximum absolute atomic E-state index is 3.79. The van der Waals surface area contributed by atoms with Gasteiger partial charge in [-0.2, -0.15) is 0 Å². The van der Waals surface area contributed by atoms with Crippen molar-refractivity contribution in [3.63, 3.8) is 0 Å². The van der Waals surface area contributed by atoms with E-state index in [2.05, 4.69) is 29.0 Å². The van der Waals surface area contributed by atoms with Crippen LogP contribution < -0.4 is 5.32 Å². The number of fused-ring (bicyclic) bond motifs is 1. The average molecular weight is 293 g/mol. The van der Waals surface area contributed by atoms with E-state index in [1.54, 1.807) is 0 Å². The molecule has 0 aromatic carbocycles. The monoisotopic (exact) mass is 293 g/mol. The molecule has 0 aromatic rings. The number of hydrogen-bond donors (Lipinski definition) is 1. The minimum Gasteiger partial charge on any atom is -0.313 e. The lowest BCUT2D eigenvalue weighted by molar-refractivity contribution is 0.00149. The Labute approximate surface area is 131 Å². The second kappa shape index (κ2) is 7.43. The van der Waals surface area contributed by atoms with Crippen molar-refractivity contribution >= 4 is 0 Å². The molecule has 0 radical (unpaired) electrons. The molecule has 4 unspecified atom stereocenters. The van der Waals surface area contributed by atoms with Crippen LogP contribution in [0, 0.1) is 5.92 Å². The van der Waals surface area contributed by atoms with Crippen molar-refractivity contribution in [1.82, 2.24) is 15.1 Å². The zero-order valence-electron chi connectivity index (χ0n) is 14.2. The zero-order valence-corrected chi connectivity index (χ0v) is 14.2. The van der Waals surface area contributed by atoms with E-state index in [9.17, 15) is 0 Å². The number of piperidine rings is 1. The van der Waals surface area contributed by atoms with E-state index in [1.165, 1.54) is 71.1 Å². The molecule has 0 amide bonds. The zero-order chi connectivity index (χ0) is 14.7. The lowest BCUT2D eigenvalue weighted by Crippen LogP contribution is -2.62. The fourth-order valence-corrected chi connectivity index (χ4v) is 4.99. The van der Waals surface area contributed by atoms with Gasteiger partial charge in [-0.15, -0.1) is 0 Å². The molecular weight excluding hydrogens is 258 g/mol. The molecule has 0 spiro atoms. The van der Waals surface area contributed by atoms with Gasteiger partial charge in [-0.3, -0.25) is 9.80 Å². The third-order valence-corrected chi connectivity index (χ3v) is 6.31. The van der Waals surface area contributed by atoms with Gasteiger partial charge in [0.15, 0.2) is 0 Å². The summed E-state index contributed by atoms with van der Waals surface area (Å²) in [5.74, 6) is 0.967. The maximum atomic E-state index is 3.79. The molecule has 3 fully saturated rings. The molecule has 3 rings (SSSR count). The van der Waals surface area contributed by atoms with E-state index in [1.807, 2.05) is 0 Å². The van der Waals surface area contributed by atoms with Crippen LogP contribution >= 0.6 is 0 Å². The summed E-state index contributed by atoms with van der Waals surface area (Å²) in [5, 5.41) is 3.79. The number of nitrogens with zero attached hydrogens (tertiary/aromatic N) is 2. The van der Waals surface area contributed by atoms with Gasteiger partial charge >= 0.3 is 0 Å². The average Bonchev–Trinajstić information content (AvgIpc) is 2.55. The number of hydrogen-bond acceptors (Lipinski definition) is 3.